The molecule has 0 aliphatic carbocycles. The second-order valence-corrected chi connectivity index (χ2v) is 5.77. The number of hydrogen-bond acceptors (Lipinski definition) is 3. The molecule has 1 aromatic heterocycles. The lowest BCUT2D eigenvalue weighted by molar-refractivity contribution is 0.111. The van der Waals surface area contributed by atoms with Crippen LogP contribution in [-0.4, -0.2) is 25.9 Å². The fourth-order valence-electron chi connectivity index (χ4n) is 1.54. The van der Waals surface area contributed by atoms with Gasteiger partial charge < -0.3 is 4.98 Å². The van der Waals surface area contributed by atoms with E-state index in [-0.39, 0.29) is 4.90 Å². The molecule has 0 atom stereocenters. The number of aldehydes is 1. The third kappa shape index (κ3) is 2.45. The summed E-state index contributed by atoms with van der Waals surface area (Å²) in [6.07, 6.45) is 3.61. The van der Waals surface area contributed by atoms with Crippen molar-refractivity contribution < 1.29 is 13.2 Å². The summed E-state index contributed by atoms with van der Waals surface area (Å²) in [6.45, 7) is 0. The highest BCUT2D eigenvalue weighted by molar-refractivity contribution is 7.90. The van der Waals surface area contributed by atoms with Crippen LogP contribution in [0.1, 0.15) is 10.5 Å². The van der Waals surface area contributed by atoms with Crippen LogP contribution in [-0.2, 0) is 9.84 Å². The number of aromatic amines is 1. The Hall–Kier alpha value is -1.88. The summed E-state index contributed by atoms with van der Waals surface area (Å²) >= 11 is 0. The van der Waals surface area contributed by atoms with E-state index in [2.05, 4.69) is 4.98 Å². The third-order valence-corrected chi connectivity index (χ3v) is 3.58. The van der Waals surface area contributed by atoms with Gasteiger partial charge in [-0.05, 0) is 29.3 Å². The zero-order valence-corrected chi connectivity index (χ0v) is 9.99. The van der Waals surface area contributed by atoms with Crippen molar-refractivity contribution in [3.63, 3.8) is 0 Å². The number of benzene rings is 1. The van der Waals surface area contributed by atoms with Gasteiger partial charge in [0, 0.05) is 12.5 Å². The van der Waals surface area contributed by atoms with Gasteiger partial charge in [-0.15, -0.1) is 0 Å². The molecule has 17 heavy (non-hydrogen) atoms. The number of rotatable bonds is 3. The molecule has 0 aliphatic rings. The van der Waals surface area contributed by atoms with Crippen LogP contribution in [0.15, 0.2) is 41.4 Å². The molecule has 2 aromatic rings. The standard InChI is InChI=1S/C12H11NO3S/c1-17(15,16)12-4-2-9(3-5-12)10-6-11(8-14)13-7-10/h2-8,13H,1H3. The Morgan fingerprint density at radius 2 is 1.76 bits per heavy atom. The van der Waals surface area contributed by atoms with E-state index in [0.717, 1.165) is 17.4 Å². The largest absolute Gasteiger partial charge is 0.358 e. The lowest BCUT2D eigenvalue weighted by Crippen LogP contribution is -1.95. The van der Waals surface area contributed by atoms with Gasteiger partial charge in [0.15, 0.2) is 16.1 Å². The van der Waals surface area contributed by atoms with Gasteiger partial charge >= 0.3 is 0 Å². The molecule has 1 aromatic carbocycles. The van der Waals surface area contributed by atoms with Gasteiger partial charge in [-0.25, -0.2) is 8.42 Å². The third-order valence-electron chi connectivity index (χ3n) is 2.45. The molecule has 0 amide bonds. The second kappa shape index (κ2) is 4.18. The normalized spacial score (nSPS) is 11.4. The lowest BCUT2D eigenvalue weighted by Gasteiger charge is -2.00. The Kier molecular flexibility index (Phi) is 2.85. The minimum absolute atomic E-state index is 0.285. The number of carbonyl (C=O) groups is 1. The van der Waals surface area contributed by atoms with Crippen molar-refractivity contribution in [1.29, 1.82) is 0 Å². The van der Waals surface area contributed by atoms with E-state index >= 15 is 0 Å². The predicted octanol–water partition coefficient (Wildman–Crippen LogP) is 1.90. The zero-order valence-electron chi connectivity index (χ0n) is 9.17. The number of H-pyrrole nitrogens is 1. The predicted molar refractivity (Wildman–Crippen MR) is 64.7 cm³/mol. The molecule has 0 radical (unpaired) electrons. The first-order valence-corrected chi connectivity index (χ1v) is 6.84. The van der Waals surface area contributed by atoms with E-state index in [1.807, 2.05) is 0 Å². The fourth-order valence-corrected chi connectivity index (χ4v) is 2.17. The molecular formula is C12H11NO3S. The molecule has 0 spiro atoms. The molecule has 0 saturated heterocycles. The maximum absolute atomic E-state index is 11.3. The van der Waals surface area contributed by atoms with Crippen LogP contribution < -0.4 is 0 Å². The summed E-state index contributed by atoms with van der Waals surface area (Å²) in [7, 11) is -3.17. The van der Waals surface area contributed by atoms with Gasteiger partial charge in [-0.1, -0.05) is 12.1 Å². The van der Waals surface area contributed by atoms with Gasteiger partial charge in [0.25, 0.3) is 0 Å². The summed E-state index contributed by atoms with van der Waals surface area (Å²) < 4.78 is 22.6. The number of nitrogens with one attached hydrogen (secondary N) is 1. The molecule has 88 valence electrons. The molecule has 1 N–H and O–H groups in total. The van der Waals surface area contributed by atoms with Crippen LogP contribution in [0.25, 0.3) is 11.1 Å². The smallest absolute Gasteiger partial charge is 0.175 e. The van der Waals surface area contributed by atoms with E-state index in [9.17, 15) is 13.2 Å². The summed E-state index contributed by atoms with van der Waals surface area (Å²) in [5.74, 6) is 0. The number of aromatic nitrogens is 1. The molecule has 0 saturated carbocycles. The summed E-state index contributed by atoms with van der Waals surface area (Å²) in [5, 5.41) is 0. The van der Waals surface area contributed by atoms with Crippen molar-refractivity contribution >= 4 is 16.1 Å². The molecule has 5 heteroatoms. The van der Waals surface area contributed by atoms with Crippen molar-refractivity contribution in [3.8, 4) is 11.1 Å². The number of hydrogen-bond donors (Lipinski definition) is 1. The fraction of sp³-hybridized carbons (Fsp3) is 0.0833. The average Bonchev–Trinajstić information content (AvgIpc) is 2.76. The first kappa shape index (κ1) is 11.6. The van der Waals surface area contributed by atoms with Crippen LogP contribution in [0.5, 0.6) is 0 Å². The van der Waals surface area contributed by atoms with Gasteiger partial charge in [0.05, 0.1) is 10.6 Å². The molecule has 1 heterocycles. The maximum atomic E-state index is 11.3. The van der Waals surface area contributed by atoms with Crippen molar-refractivity contribution in [2.75, 3.05) is 6.26 Å². The monoisotopic (exact) mass is 249 g/mol. The van der Waals surface area contributed by atoms with Crippen LogP contribution in [0.3, 0.4) is 0 Å². The quantitative estimate of drug-likeness (QED) is 0.845. The Bertz CT molecular complexity index is 639. The Morgan fingerprint density at radius 3 is 2.24 bits per heavy atom. The van der Waals surface area contributed by atoms with Crippen molar-refractivity contribution in [2.45, 2.75) is 4.90 Å². The Morgan fingerprint density at radius 1 is 1.12 bits per heavy atom. The first-order chi connectivity index (χ1) is 8.00. The minimum Gasteiger partial charge on any atom is -0.358 e. The van der Waals surface area contributed by atoms with Gasteiger partial charge in [0.2, 0.25) is 0 Å². The summed E-state index contributed by atoms with van der Waals surface area (Å²) in [5.41, 5.74) is 2.21. The first-order valence-electron chi connectivity index (χ1n) is 4.95. The Balaban J connectivity index is 2.38. The number of carbonyl (C=O) groups excluding carboxylic acids is 1. The average molecular weight is 249 g/mol. The van der Waals surface area contributed by atoms with Crippen LogP contribution >= 0.6 is 0 Å². The molecule has 2 rings (SSSR count). The topological polar surface area (TPSA) is 67.0 Å². The highest BCUT2D eigenvalue weighted by Gasteiger charge is 2.07. The van der Waals surface area contributed by atoms with E-state index in [4.69, 9.17) is 0 Å². The van der Waals surface area contributed by atoms with Gasteiger partial charge in [-0.2, -0.15) is 0 Å². The highest BCUT2D eigenvalue weighted by atomic mass is 32.2. The Labute approximate surface area is 99.2 Å². The molecule has 0 bridgehead atoms. The van der Waals surface area contributed by atoms with Crippen LogP contribution in [0.4, 0.5) is 0 Å². The molecule has 0 unspecified atom stereocenters. The lowest BCUT2D eigenvalue weighted by atomic mass is 10.1. The summed E-state index contributed by atoms with van der Waals surface area (Å²) in [4.78, 5) is 13.6. The van der Waals surface area contributed by atoms with Crippen LogP contribution in [0, 0.1) is 0 Å². The van der Waals surface area contributed by atoms with Crippen molar-refractivity contribution in [2.24, 2.45) is 0 Å². The molecular weight excluding hydrogens is 238 g/mol. The van der Waals surface area contributed by atoms with Gasteiger partial charge in [-0.3, -0.25) is 4.79 Å². The van der Waals surface area contributed by atoms with E-state index < -0.39 is 9.84 Å². The zero-order chi connectivity index (χ0) is 12.5. The molecule has 0 aliphatic heterocycles. The van der Waals surface area contributed by atoms with Crippen LogP contribution in [0.2, 0.25) is 0 Å². The van der Waals surface area contributed by atoms with E-state index in [1.54, 1.807) is 36.5 Å². The maximum Gasteiger partial charge on any atom is 0.175 e. The highest BCUT2D eigenvalue weighted by Crippen LogP contribution is 2.21. The molecule has 4 nitrogen and oxygen atoms in total. The van der Waals surface area contributed by atoms with Crippen molar-refractivity contribution in [3.05, 3.63) is 42.2 Å². The number of sulfone groups is 1. The summed E-state index contributed by atoms with van der Waals surface area (Å²) in [6, 6.07) is 8.25. The van der Waals surface area contributed by atoms with E-state index in [0.29, 0.717) is 5.69 Å². The SMILES string of the molecule is CS(=O)(=O)c1ccc(-c2c[nH]c(C=O)c2)cc1. The van der Waals surface area contributed by atoms with E-state index in [1.165, 1.54) is 6.26 Å². The second-order valence-electron chi connectivity index (χ2n) is 3.76. The molecule has 0 fully saturated rings. The minimum atomic E-state index is -3.17. The van der Waals surface area contributed by atoms with Gasteiger partial charge in [0.1, 0.15) is 0 Å². The van der Waals surface area contributed by atoms with Crippen molar-refractivity contribution in [1.82, 2.24) is 4.98 Å².